The van der Waals surface area contributed by atoms with E-state index in [1.165, 1.54) is 6.33 Å². The van der Waals surface area contributed by atoms with Crippen molar-refractivity contribution in [2.75, 3.05) is 12.1 Å². The average Bonchev–Trinajstić information content (AvgIpc) is 3.19. The molecule has 0 aliphatic carbocycles. The number of carbonyl (C=O) groups excluding carboxylic acids is 1. The Morgan fingerprint density at radius 2 is 1.93 bits per heavy atom. The number of anilines is 1. The summed E-state index contributed by atoms with van der Waals surface area (Å²) in [5.74, 6) is 1.68. The van der Waals surface area contributed by atoms with Crippen LogP contribution in [0.5, 0.6) is 11.5 Å². The Balaban J connectivity index is 1.36. The van der Waals surface area contributed by atoms with Gasteiger partial charge in [-0.25, -0.2) is 9.97 Å². The Kier molecular flexibility index (Phi) is 4.78. The van der Waals surface area contributed by atoms with Crippen molar-refractivity contribution in [1.29, 1.82) is 0 Å². The SMILES string of the molecule is O=C(NCc1ccc2c(c1)OCO2)c1cc(NCc2ccccn2)ncn1. The molecule has 27 heavy (non-hydrogen) atoms. The molecule has 2 N–H and O–H groups in total. The van der Waals surface area contributed by atoms with Gasteiger partial charge in [-0.15, -0.1) is 0 Å². The maximum Gasteiger partial charge on any atom is 0.270 e. The van der Waals surface area contributed by atoms with Crippen LogP contribution < -0.4 is 20.1 Å². The molecule has 8 heteroatoms. The lowest BCUT2D eigenvalue weighted by Gasteiger charge is -2.08. The third kappa shape index (κ3) is 4.12. The molecule has 0 bridgehead atoms. The van der Waals surface area contributed by atoms with E-state index in [-0.39, 0.29) is 18.4 Å². The van der Waals surface area contributed by atoms with Crippen molar-refractivity contribution in [3.63, 3.8) is 0 Å². The molecule has 1 aliphatic heterocycles. The van der Waals surface area contributed by atoms with Crippen LogP contribution in [0.2, 0.25) is 0 Å². The van der Waals surface area contributed by atoms with E-state index in [9.17, 15) is 4.79 Å². The summed E-state index contributed by atoms with van der Waals surface area (Å²) in [6, 6.07) is 12.9. The number of carbonyl (C=O) groups is 1. The Labute approximate surface area is 155 Å². The first-order valence-corrected chi connectivity index (χ1v) is 8.40. The van der Waals surface area contributed by atoms with Gasteiger partial charge in [-0.2, -0.15) is 0 Å². The topological polar surface area (TPSA) is 98.3 Å². The predicted molar refractivity (Wildman–Crippen MR) is 97.3 cm³/mol. The molecule has 1 aliphatic rings. The zero-order valence-corrected chi connectivity index (χ0v) is 14.4. The summed E-state index contributed by atoms with van der Waals surface area (Å²) in [4.78, 5) is 24.8. The van der Waals surface area contributed by atoms with Gasteiger partial charge in [0, 0.05) is 18.8 Å². The minimum absolute atomic E-state index is 0.223. The molecule has 0 saturated heterocycles. The second kappa shape index (κ2) is 7.69. The molecule has 1 aromatic carbocycles. The second-order valence-corrected chi connectivity index (χ2v) is 5.83. The highest BCUT2D eigenvalue weighted by Crippen LogP contribution is 2.32. The molecule has 0 spiro atoms. The minimum Gasteiger partial charge on any atom is -0.454 e. The van der Waals surface area contributed by atoms with Gasteiger partial charge >= 0.3 is 0 Å². The normalized spacial score (nSPS) is 11.9. The number of hydrogen-bond donors (Lipinski definition) is 2. The zero-order chi connectivity index (χ0) is 18.5. The lowest BCUT2D eigenvalue weighted by molar-refractivity contribution is 0.0945. The molecule has 0 saturated carbocycles. The van der Waals surface area contributed by atoms with E-state index in [2.05, 4.69) is 25.6 Å². The summed E-state index contributed by atoms with van der Waals surface area (Å²) < 4.78 is 10.6. The third-order valence-electron chi connectivity index (χ3n) is 3.97. The lowest BCUT2D eigenvalue weighted by Crippen LogP contribution is -2.24. The van der Waals surface area contributed by atoms with Crippen LogP contribution in [-0.2, 0) is 13.1 Å². The van der Waals surface area contributed by atoms with E-state index in [1.807, 2.05) is 36.4 Å². The summed E-state index contributed by atoms with van der Waals surface area (Å²) in [6.07, 6.45) is 3.09. The molecule has 0 fully saturated rings. The number of nitrogens with zero attached hydrogens (tertiary/aromatic N) is 3. The van der Waals surface area contributed by atoms with Crippen molar-refractivity contribution in [1.82, 2.24) is 20.3 Å². The molecule has 4 rings (SSSR count). The van der Waals surface area contributed by atoms with Crippen LogP contribution >= 0.6 is 0 Å². The number of pyridine rings is 1. The monoisotopic (exact) mass is 363 g/mol. The zero-order valence-electron chi connectivity index (χ0n) is 14.4. The fourth-order valence-electron chi connectivity index (χ4n) is 2.59. The summed E-state index contributed by atoms with van der Waals surface area (Å²) in [5.41, 5.74) is 2.08. The van der Waals surface area contributed by atoms with E-state index >= 15 is 0 Å². The molecule has 3 heterocycles. The van der Waals surface area contributed by atoms with Gasteiger partial charge < -0.3 is 20.1 Å². The second-order valence-electron chi connectivity index (χ2n) is 5.83. The lowest BCUT2D eigenvalue weighted by atomic mass is 10.2. The fourth-order valence-corrected chi connectivity index (χ4v) is 2.59. The van der Waals surface area contributed by atoms with Gasteiger partial charge in [0.1, 0.15) is 17.8 Å². The summed E-state index contributed by atoms with van der Waals surface area (Å²) in [6.45, 7) is 1.09. The molecule has 8 nitrogen and oxygen atoms in total. The first kappa shape index (κ1) is 16.8. The fraction of sp³-hybridized carbons (Fsp3) is 0.158. The van der Waals surface area contributed by atoms with E-state index in [0.29, 0.717) is 30.4 Å². The summed E-state index contributed by atoms with van der Waals surface area (Å²) in [7, 11) is 0. The van der Waals surface area contributed by atoms with Crippen LogP contribution in [0.3, 0.4) is 0 Å². The molecule has 1 amide bonds. The maximum absolute atomic E-state index is 12.4. The summed E-state index contributed by atoms with van der Waals surface area (Å²) in [5, 5.41) is 5.98. The quantitative estimate of drug-likeness (QED) is 0.692. The molecule has 0 radical (unpaired) electrons. The number of nitrogens with one attached hydrogen (secondary N) is 2. The number of ether oxygens (including phenoxy) is 2. The van der Waals surface area contributed by atoms with Gasteiger partial charge in [0.15, 0.2) is 11.5 Å². The van der Waals surface area contributed by atoms with Crippen LogP contribution in [-0.4, -0.2) is 27.7 Å². The highest BCUT2D eigenvalue weighted by Gasteiger charge is 2.14. The van der Waals surface area contributed by atoms with Crippen molar-refractivity contribution < 1.29 is 14.3 Å². The molecular weight excluding hydrogens is 346 g/mol. The van der Waals surface area contributed by atoms with Gasteiger partial charge in [-0.05, 0) is 29.8 Å². The molecule has 3 aromatic rings. The Hall–Kier alpha value is -3.68. The predicted octanol–water partition coefficient (Wildman–Crippen LogP) is 2.14. The first-order valence-electron chi connectivity index (χ1n) is 8.40. The van der Waals surface area contributed by atoms with Gasteiger partial charge in [0.05, 0.1) is 12.2 Å². The number of benzene rings is 1. The Bertz CT molecular complexity index is 949. The van der Waals surface area contributed by atoms with Crippen molar-refractivity contribution in [3.05, 3.63) is 71.9 Å². The average molecular weight is 363 g/mol. The highest BCUT2D eigenvalue weighted by atomic mass is 16.7. The van der Waals surface area contributed by atoms with Crippen molar-refractivity contribution in [2.24, 2.45) is 0 Å². The Morgan fingerprint density at radius 3 is 2.81 bits per heavy atom. The molecule has 0 atom stereocenters. The van der Waals surface area contributed by atoms with E-state index < -0.39 is 0 Å². The molecule has 136 valence electrons. The van der Waals surface area contributed by atoms with Crippen molar-refractivity contribution in [2.45, 2.75) is 13.1 Å². The van der Waals surface area contributed by atoms with Crippen LogP contribution in [0.25, 0.3) is 0 Å². The van der Waals surface area contributed by atoms with Crippen LogP contribution in [0.1, 0.15) is 21.7 Å². The highest BCUT2D eigenvalue weighted by molar-refractivity contribution is 5.92. The number of aromatic nitrogens is 3. The van der Waals surface area contributed by atoms with Gasteiger partial charge in [-0.1, -0.05) is 12.1 Å². The summed E-state index contributed by atoms with van der Waals surface area (Å²) >= 11 is 0. The number of rotatable bonds is 6. The smallest absolute Gasteiger partial charge is 0.270 e. The van der Waals surface area contributed by atoms with E-state index in [4.69, 9.17) is 9.47 Å². The largest absolute Gasteiger partial charge is 0.454 e. The van der Waals surface area contributed by atoms with Crippen LogP contribution in [0.4, 0.5) is 5.82 Å². The standard InChI is InChI=1S/C19H17N5O3/c25-19(22-9-13-4-5-16-17(7-13)27-12-26-16)15-8-18(24-11-23-15)21-10-14-3-1-2-6-20-14/h1-8,11H,9-10,12H2,(H,22,25)(H,21,23,24). The third-order valence-corrected chi connectivity index (χ3v) is 3.97. The molecule has 0 unspecified atom stereocenters. The van der Waals surface area contributed by atoms with Gasteiger partial charge in [0.2, 0.25) is 6.79 Å². The van der Waals surface area contributed by atoms with E-state index in [1.54, 1.807) is 12.3 Å². The van der Waals surface area contributed by atoms with Crippen molar-refractivity contribution in [3.8, 4) is 11.5 Å². The molecule has 2 aromatic heterocycles. The minimum atomic E-state index is -0.282. The van der Waals surface area contributed by atoms with Gasteiger partial charge in [-0.3, -0.25) is 9.78 Å². The van der Waals surface area contributed by atoms with E-state index in [0.717, 1.165) is 11.3 Å². The number of hydrogen-bond acceptors (Lipinski definition) is 7. The number of amides is 1. The van der Waals surface area contributed by atoms with Crippen LogP contribution in [0.15, 0.2) is 55.0 Å². The molecular formula is C19H17N5O3. The first-order chi connectivity index (χ1) is 13.3. The Morgan fingerprint density at radius 1 is 1.00 bits per heavy atom. The maximum atomic E-state index is 12.4. The van der Waals surface area contributed by atoms with Crippen LogP contribution in [0, 0.1) is 0 Å². The number of fused-ring (bicyclic) bond motifs is 1. The van der Waals surface area contributed by atoms with Crippen molar-refractivity contribution >= 4 is 11.7 Å². The van der Waals surface area contributed by atoms with Gasteiger partial charge in [0.25, 0.3) is 5.91 Å².